The van der Waals surface area contributed by atoms with Crippen LogP contribution in [-0.2, 0) is 14.8 Å². The van der Waals surface area contributed by atoms with Gasteiger partial charge in [0.15, 0.2) is 5.11 Å². The van der Waals surface area contributed by atoms with E-state index in [1.165, 1.54) is 29.5 Å². The lowest BCUT2D eigenvalue weighted by Crippen LogP contribution is -2.32. The lowest BCUT2D eigenvalue weighted by molar-refractivity contribution is -0.115. The van der Waals surface area contributed by atoms with Crippen LogP contribution in [0, 0.1) is 0 Å². The Bertz CT molecular complexity index is 1110. The number of thiophene rings is 1. The van der Waals surface area contributed by atoms with Crippen LogP contribution in [0.25, 0.3) is 6.08 Å². The zero-order chi connectivity index (χ0) is 20.7. The number of anilines is 2. The molecule has 0 radical (unpaired) electrons. The lowest BCUT2D eigenvalue weighted by atomic mass is 10.3. The first kappa shape index (κ1) is 20.7. The Balaban J connectivity index is 1.57. The number of carbonyl (C=O) groups excluding carboxylic acids is 1. The van der Waals surface area contributed by atoms with Gasteiger partial charge in [0.2, 0.25) is 5.91 Å². The third kappa shape index (κ3) is 6.24. The third-order valence-electron chi connectivity index (χ3n) is 3.63. The van der Waals surface area contributed by atoms with Gasteiger partial charge in [-0.2, -0.15) is 0 Å². The number of thiocarbonyl (C=S) groups is 1. The van der Waals surface area contributed by atoms with Crippen LogP contribution >= 0.6 is 23.6 Å². The van der Waals surface area contributed by atoms with Crippen LogP contribution < -0.4 is 15.4 Å². The van der Waals surface area contributed by atoms with Gasteiger partial charge in [-0.1, -0.05) is 24.3 Å². The number of hydrogen-bond acceptors (Lipinski definition) is 5. The fourth-order valence-electron chi connectivity index (χ4n) is 2.30. The minimum Gasteiger partial charge on any atom is -0.332 e. The quantitative estimate of drug-likeness (QED) is 0.395. The van der Waals surface area contributed by atoms with Crippen LogP contribution in [0.3, 0.4) is 0 Å². The Kier molecular flexibility index (Phi) is 6.76. The molecule has 6 nitrogen and oxygen atoms in total. The van der Waals surface area contributed by atoms with Crippen LogP contribution in [0.2, 0.25) is 0 Å². The number of hydrogen-bond donors (Lipinski definition) is 3. The first-order valence-corrected chi connectivity index (χ1v) is 11.2. The molecule has 0 unspecified atom stereocenters. The van der Waals surface area contributed by atoms with Crippen molar-refractivity contribution in [2.45, 2.75) is 4.90 Å². The first-order chi connectivity index (χ1) is 13.9. The molecule has 0 fully saturated rings. The molecule has 3 rings (SSSR count). The van der Waals surface area contributed by atoms with Gasteiger partial charge in [-0.3, -0.25) is 14.8 Å². The predicted molar refractivity (Wildman–Crippen MR) is 121 cm³/mol. The van der Waals surface area contributed by atoms with Gasteiger partial charge >= 0.3 is 0 Å². The standard InChI is InChI=1S/C20H17N3O3S3/c24-19(13-10-17-7-4-14-28-17)22-20(27)21-15-8-11-18(12-9-15)29(25,26)23-16-5-2-1-3-6-16/h1-14,23H,(H2,21,22,24,27)/b13-10+. The SMILES string of the molecule is O=C(/C=C/c1cccs1)NC(=S)Nc1ccc(S(=O)(=O)Nc2ccccc2)cc1. The smallest absolute Gasteiger partial charge is 0.261 e. The van der Waals surface area contributed by atoms with Crippen molar-refractivity contribution in [2.24, 2.45) is 0 Å². The molecule has 0 saturated carbocycles. The van der Waals surface area contributed by atoms with E-state index in [9.17, 15) is 13.2 Å². The molecule has 9 heteroatoms. The largest absolute Gasteiger partial charge is 0.332 e. The fraction of sp³-hybridized carbons (Fsp3) is 0. The van der Waals surface area contributed by atoms with Gasteiger partial charge in [-0.25, -0.2) is 8.42 Å². The maximum atomic E-state index is 12.4. The molecule has 0 aliphatic heterocycles. The van der Waals surface area contributed by atoms with Crippen molar-refractivity contribution in [2.75, 3.05) is 10.0 Å². The highest BCUT2D eigenvalue weighted by atomic mass is 32.2. The number of carbonyl (C=O) groups is 1. The molecule has 0 aliphatic carbocycles. The molecule has 1 amide bonds. The Morgan fingerprint density at radius 3 is 2.31 bits per heavy atom. The summed E-state index contributed by atoms with van der Waals surface area (Å²) in [5.41, 5.74) is 1.03. The van der Waals surface area contributed by atoms with E-state index in [0.29, 0.717) is 11.4 Å². The van der Waals surface area contributed by atoms with E-state index in [4.69, 9.17) is 12.2 Å². The number of sulfonamides is 1. The minimum absolute atomic E-state index is 0.112. The van der Waals surface area contributed by atoms with Gasteiger partial charge in [0, 0.05) is 22.3 Å². The van der Waals surface area contributed by atoms with E-state index >= 15 is 0 Å². The monoisotopic (exact) mass is 443 g/mol. The van der Waals surface area contributed by atoms with E-state index < -0.39 is 10.0 Å². The Morgan fingerprint density at radius 1 is 0.931 bits per heavy atom. The van der Waals surface area contributed by atoms with Gasteiger partial charge in [0.1, 0.15) is 0 Å². The summed E-state index contributed by atoms with van der Waals surface area (Å²) in [6.07, 6.45) is 3.09. The normalized spacial score (nSPS) is 11.2. The molecule has 0 spiro atoms. The Morgan fingerprint density at radius 2 is 1.66 bits per heavy atom. The van der Waals surface area contributed by atoms with Gasteiger partial charge < -0.3 is 5.32 Å². The second-order valence-corrected chi connectivity index (χ2v) is 8.86. The molecule has 1 heterocycles. The summed E-state index contributed by atoms with van der Waals surface area (Å²) in [5.74, 6) is -0.359. The van der Waals surface area contributed by atoms with Crippen molar-refractivity contribution in [1.82, 2.24) is 5.32 Å². The molecule has 29 heavy (non-hydrogen) atoms. The van der Waals surface area contributed by atoms with Crippen molar-refractivity contribution >= 4 is 62.0 Å². The topological polar surface area (TPSA) is 87.3 Å². The average molecular weight is 444 g/mol. The van der Waals surface area contributed by atoms with Crippen molar-refractivity contribution in [3.8, 4) is 0 Å². The summed E-state index contributed by atoms with van der Waals surface area (Å²) in [4.78, 5) is 13.0. The molecule has 2 aromatic carbocycles. The number of benzene rings is 2. The summed E-state index contributed by atoms with van der Waals surface area (Å²) >= 11 is 6.64. The second kappa shape index (κ2) is 9.46. The fourth-order valence-corrected chi connectivity index (χ4v) is 4.19. The number of amides is 1. The minimum atomic E-state index is -3.69. The van der Waals surface area contributed by atoms with Crippen molar-refractivity contribution in [3.05, 3.63) is 83.1 Å². The molecule has 0 atom stereocenters. The van der Waals surface area contributed by atoms with Crippen molar-refractivity contribution in [1.29, 1.82) is 0 Å². The van der Waals surface area contributed by atoms with Crippen LogP contribution in [0.1, 0.15) is 4.88 Å². The molecular formula is C20H17N3O3S3. The highest BCUT2D eigenvalue weighted by molar-refractivity contribution is 7.92. The number of nitrogens with one attached hydrogen (secondary N) is 3. The van der Waals surface area contributed by atoms with Crippen molar-refractivity contribution < 1.29 is 13.2 Å². The zero-order valence-electron chi connectivity index (χ0n) is 15.0. The lowest BCUT2D eigenvalue weighted by Gasteiger charge is -2.10. The summed E-state index contributed by atoms with van der Waals surface area (Å²) in [6.45, 7) is 0. The third-order valence-corrected chi connectivity index (χ3v) is 6.07. The maximum absolute atomic E-state index is 12.4. The number of para-hydroxylation sites is 1. The van der Waals surface area contributed by atoms with Gasteiger partial charge in [-0.05, 0) is 66.1 Å². The highest BCUT2D eigenvalue weighted by Gasteiger charge is 2.14. The van der Waals surface area contributed by atoms with E-state index in [1.54, 1.807) is 48.5 Å². The molecule has 0 bridgehead atoms. The predicted octanol–water partition coefficient (Wildman–Crippen LogP) is 4.08. The molecule has 3 N–H and O–H groups in total. The van der Waals surface area contributed by atoms with Gasteiger partial charge in [0.05, 0.1) is 4.90 Å². The van der Waals surface area contributed by atoms with Crippen LogP contribution in [-0.4, -0.2) is 19.4 Å². The van der Waals surface area contributed by atoms with Crippen molar-refractivity contribution in [3.63, 3.8) is 0 Å². The Hall–Kier alpha value is -3.01. The van der Waals surface area contributed by atoms with Gasteiger partial charge in [-0.15, -0.1) is 11.3 Å². The summed E-state index contributed by atoms with van der Waals surface area (Å²) < 4.78 is 27.4. The van der Waals surface area contributed by atoms with E-state index in [0.717, 1.165) is 4.88 Å². The highest BCUT2D eigenvalue weighted by Crippen LogP contribution is 2.18. The zero-order valence-corrected chi connectivity index (χ0v) is 17.5. The summed E-state index contributed by atoms with van der Waals surface area (Å²) in [7, 11) is -3.69. The number of rotatable bonds is 6. The van der Waals surface area contributed by atoms with Crippen LogP contribution in [0.4, 0.5) is 11.4 Å². The molecule has 1 aromatic heterocycles. The average Bonchev–Trinajstić information content (AvgIpc) is 3.21. The molecular weight excluding hydrogens is 426 g/mol. The van der Waals surface area contributed by atoms with E-state index in [2.05, 4.69) is 15.4 Å². The Labute approximate surface area is 178 Å². The summed E-state index contributed by atoms with van der Waals surface area (Å²) in [5, 5.41) is 7.42. The van der Waals surface area contributed by atoms with Crippen LogP contribution in [0.5, 0.6) is 0 Å². The molecule has 148 valence electrons. The van der Waals surface area contributed by atoms with E-state index in [-0.39, 0.29) is 15.9 Å². The molecule has 0 aliphatic rings. The van der Waals surface area contributed by atoms with Crippen LogP contribution in [0.15, 0.2) is 83.1 Å². The molecule has 3 aromatic rings. The summed E-state index contributed by atoms with van der Waals surface area (Å²) in [6, 6.07) is 18.5. The molecule has 0 saturated heterocycles. The first-order valence-electron chi connectivity index (χ1n) is 8.44. The van der Waals surface area contributed by atoms with Gasteiger partial charge in [0.25, 0.3) is 10.0 Å². The second-order valence-electron chi connectivity index (χ2n) is 5.79. The maximum Gasteiger partial charge on any atom is 0.261 e. The van der Waals surface area contributed by atoms with E-state index in [1.807, 2.05) is 17.5 Å².